The number of carbonyl (C=O) groups is 1. The quantitative estimate of drug-likeness (QED) is 0.694. The van der Waals surface area contributed by atoms with Gasteiger partial charge in [-0.25, -0.2) is 4.79 Å². The van der Waals surface area contributed by atoms with Gasteiger partial charge in [0.1, 0.15) is 5.60 Å². The molecule has 1 N–H and O–H groups in total. The Morgan fingerprint density at radius 3 is 1.94 bits per heavy atom. The molecular formula is C12H26N2O2. The molecular weight excluding hydrogens is 204 g/mol. The zero-order valence-electron chi connectivity index (χ0n) is 11.3. The highest BCUT2D eigenvalue weighted by atomic mass is 16.6. The van der Waals surface area contributed by atoms with Crippen LogP contribution in [-0.4, -0.2) is 43.8 Å². The van der Waals surface area contributed by atoms with Gasteiger partial charge in [-0.3, -0.25) is 0 Å². The Labute approximate surface area is 99.3 Å². The summed E-state index contributed by atoms with van der Waals surface area (Å²) in [4.78, 5) is 13.3. The highest BCUT2D eigenvalue weighted by Crippen LogP contribution is 2.14. The van der Waals surface area contributed by atoms with Crippen molar-refractivity contribution in [1.82, 2.24) is 10.2 Å². The van der Waals surface area contributed by atoms with Crippen molar-refractivity contribution in [3.05, 3.63) is 0 Å². The predicted molar refractivity (Wildman–Crippen MR) is 66.6 cm³/mol. The number of nitrogens with zero attached hydrogens (tertiary/aromatic N) is 1. The number of rotatable bonds is 0. The van der Waals surface area contributed by atoms with Gasteiger partial charge in [-0.05, 0) is 54.1 Å². The molecule has 0 aromatic heterocycles. The minimum Gasteiger partial charge on any atom is -0.444 e. The maximum Gasteiger partial charge on any atom is 0.410 e. The summed E-state index contributed by atoms with van der Waals surface area (Å²) in [6.45, 7) is 7.41. The number of hydrogen-bond donors (Lipinski definition) is 1. The first-order chi connectivity index (χ1) is 7.40. The van der Waals surface area contributed by atoms with Crippen LogP contribution >= 0.6 is 0 Å². The second kappa shape index (κ2) is 7.49. The van der Waals surface area contributed by atoms with Crippen molar-refractivity contribution in [2.45, 2.75) is 45.6 Å². The zero-order valence-corrected chi connectivity index (χ0v) is 11.3. The first-order valence-corrected chi connectivity index (χ1v) is 5.97. The summed E-state index contributed by atoms with van der Waals surface area (Å²) in [5.41, 5.74) is -0.367. The lowest BCUT2D eigenvalue weighted by molar-refractivity contribution is 0.0216. The first-order valence-electron chi connectivity index (χ1n) is 5.97. The fraction of sp³-hybridized carbons (Fsp3) is 0.917. The first kappa shape index (κ1) is 15.2. The van der Waals surface area contributed by atoms with Gasteiger partial charge in [-0.2, -0.15) is 0 Å². The molecule has 1 amide bonds. The van der Waals surface area contributed by atoms with Gasteiger partial charge in [0.15, 0.2) is 0 Å². The average molecular weight is 230 g/mol. The molecule has 0 unspecified atom stereocenters. The number of likely N-dealkylation sites (tertiary alicyclic amines) is 1. The monoisotopic (exact) mass is 230 g/mol. The average Bonchev–Trinajstić information content (AvgIpc) is 2.18. The summed E-state index contributed by atoms with van der Waals surface area (Å²) in [5.74, 6) is 0. The van der Waals surface area contributed by atoms with Crippen molar-refractivity contribution in [2.75, 3.05) is 27.2 Å². The van der Waals surface area contributed by atoms with E-state index in [0.717, 1.165) is 25.9 Å². The van der Waals surface area contributed by atoms with E-state index in [9.17, 15) is 4.79 Å². The molecule has 1 fully saturated rings. The van der Waals surface area contributed by atoms with E-state index in [0.29, 0.717) is 0 Å². The molecule has 1 aliphatic rings. The number of carbonyl (C=O) groups excluding carboxylic acids is 1. The highest BCUT2D eigenvalue weighted by Gasteiger charge is 2.22. The molecule has 16 heavy (non-hydrogen) atoms. The smallest absolute Gasteiger partial charge is 0.410 e. The SMILES string of the molecule is CC(C)(C)OC(=O)N1CCCCC1.CNC. The topological polar surface area (TPSA) is 41.6 Å². The Morgan fingerprint density at radius 2 is 1.56 bits per heavy atom. The van der Waals surface area contributed by atoms with E-state index in [1.54, 1.807) is 4.90 Å². The van der Waals surface area contributed by atoms with Crippen LogP contribution in [0.5, 0.6) is 0 Å². The van der Waals surface area contributed by atoms with Crippen LogP contribution in [0.2, 0.25) is 0 Å². The van der Waals surface area contributed by atoms with Crippen LogP contribution in [0.25, 0.3) is 0 Å². The standard InChI is InChI=1S/C10H19NO2.C2H7N/c1-10(2,3)13-9(12)11-7-5-4-6-8-11;1-3-2/h4-8H2,1-3H3;3H,1-2H3. The number of ether oxygens (including phenoxy) is 1. The van der Waals surface area contributed by atoms with Gasteiger partial charge in [0, 0.05) is 13.1 Å². The summed E-state index contributed by atoms with van der Waals surface area (Å²) in [5, 5.41) is 2.75. The van der Waals surface area contributed by atoms with Gasteiger partial charge in [-0.15, -0.1) is 0 Å². The Morgan fingerprint density at radius 1 is 1.12 bits per heavy atom. The molecule has 0 radical (unpaired) electrons. The van der Waals surface area contributed by atoms with E-state index in [2.05, 4.69) is 5.32 Å². The van der Waals surface area contributed by atoms with Gasteiger partial charge in [0.25, 0.3) is 0 Å². The van der Waals surface area contributed by atoms with Crippen molar-refractivity contribution >= 4 is 6.09 Å². The van der Waals surface area contributed by atoms with E-state index >= 15 is 0 Å². The summed E-state index contributed by atoms with van der Waals surface area (Å²) in [6, 6.07) is 0. The van der Waals surface area contributed by atoms with Gasteiger partial charge >= 0.3 is 6.09 Å². The molecule has 4 nitrogen and oxygen atoms in total. The number of hydrogen-bond acceptors (Lipinski definition) is 3. The summed E-state index contributed by atoms with van der Waals surface area (Å²) < 4.78 is 5.26. The molecule has 1 aliphatic heterocycles. The zero-order chi connectivity index (χ0) is 12.6. The normalized spacial score (nSPS) is 16.2. The van der Waals surface area contributed by atoms with E-state index < -0.39 is 0 Å². The number of amides is 1. The molecule has 0 spiro atoms. The molecule has 0 saturated carbocycles. The van der Waals surface area contributed by atoms with Gasteiger partial charge in [0.05, 0.1) is 0 Å². The summed E-state index contributed by atoms with van der Waals surface area (Å²) in [6.07, 6.45) is 3.30. The molecule has 0 aromatic carbocycles. The Kier molecular flexibility index (Phi) is 7.13. The van der Waals surface area contributed by atoms with Crippen molar-refractivity contribution in [1.29, 1.82) is 0 Å². The molecule has 1 rings (SSSR count). The largest absolute Gasteiger partial charge is 0.444 e. The van der Waals surface area contributed by atoms with E-state index in [4.69, 9.17) is 4.74 Å². The number of piperidine rings is 1. The highest BCUT2D eigenvalue weighted by molar-refractivity contribution is 5.68. The molecule has 0 bridgehead atoms. The van der Waals surface area contributed by atoms with Crippen LogP contribution in [0.15, 0.2) is 0 Å². The van der Waals surface area contributed by atoms with Crippen LogP contribution in [0.3, 0.4) is 0 Å². The lowest BCUT2D eigenvalue weighted by Crippen LogP contribution is -2.39. The van der Waals surface area contributed by atoms with Crippen LogP contribution in [0.4, 0.5) is 4.79 Å². The predicted octanol–water partition coefficient (Wildman–Crippen LogP) is 2.24. The maximum atomic E-state index is 11.5. The minimum absolute atomic E-state index is 0.160. The summed E-state index contributed by atoms with van der Waals surface area (Å²) >= 11 is 0. The Hall–Kier alpha value is -0.770. The molecule has 1 heterocycles. The lowest BCUT2D eigenvalue weighted by atomic mass is 10.1. The lowest BCUT2D eigenvalue weighted by Gasteiger charge is -2.29. The molecule has 96 valence electrons. The fourth-order valence-electron chi connectivity index (χ4n) is 1.40. The van der Waals surface area contributed by atoms with Crippen molar-refractivity contribution in [3.8, 4) is 0 Å². The van der Waals surface area contributed by atoms with Crippen LogP contribution in [0, 0.1) is 0 Å². The second-order valence-corrected chi connectivity index (χ2v) is 5.03. The summed E-state index contributed by atoms with van der Waals surface area (Å²) in [7, 11) is 3.75. The van der Waals surface area contributed by atoms with Gasteiger partial charge < -0.3 is 15.0 Å². The van der Waals surface area contributed by atoms with E-state index in [1.807, 2.05) is 34.9 Å². The molecule has 0 atom stereocenters. The molecule has 0 aliphatic carbocycles. The second-order valence-electron chi connectivity index (χ2n) is 5.03. The third-order valence-electron chi connectivity index (χ3n) is 2.01. The Bertz CT molecular complexity index is 194. The maximum absolute atomic E-state index is 11.5. The number of nitrogens with one attached hydrogen (secondary N) is 1. The van der Waals surface area contributed by atoms with Crippen molar-refractivity contribution in [3.63, 3.8) is 0 Å². The third-order valence-corrected chi connectivity index (χ3v) is 2.01. The van der Waals surface area contributed by atoms with Crippen LogP contribution in [0.1, 0.15) is 40.0 Å². The van der Waals surface area contributed by atoms with E-state index in [1.165, 1.54) is 6.42 Å². The van der Waals surface area contributed by atoms with Gasteiger partial charge in [0.2, 0.25) is 0 Å². The minimum atomic E-state index is -0.367. The van der Waals surface area contributed by atoms with Crippen molar-refractivity contribution < 1.29 is 9.53 Å². The van der Waals surface area contributed by atoms with Crippen LogP contribution < -0.4 is 5.32 Å². The van der Waals surface area contributed by atoms with Gasteiger partial charge in [-0.1, -0.05) is 0 Å². The molecule has 0 aromatic rings. The molecule has 1 saturated heterocycles. The van der Waals surface area contributed by atoms with E-state index in [-0.39, 0.29) is 11.7 Å². The third kappa shape index (κ3) is 7.51. The van der Waals surface area contributed by atoms with Crippen molar-refractivity contribution in [2.24, 2.45) is 0 Å². The fourth-order valence-corrected chi connectivity index (χ4v) is 1.40. The van der Waals surface area contributed by atoms with Crippen LogP contribution in [-0.2, 0) is 4.74 Å². The molecule has 4 heteroatoms. The Balaban J connectivity index is 0.000000673.